The van der Waals surface area contributed by atoms with E-state index in [4.69, 9.17) is 8.92 Å². The Hall–Kier alpha value is -2.72. The normalized spacial score (nSPS) is 11.9. The van der Waals surface area contributed by atoms with Gasteiger partial charge in [0.15, 0.2) is 9.84 Å². The van der Waals surface area contributed by atoms with Crippen LogP contribution in [0.2, 0.25) is 0 Å². The Morgan fingerprint density at radius 3 is 2.00 bits per heavy atom. The molecule has 33 heavy (non-hydrogen) atoms. The highest BCUT2D eigenvalue weighted by Crippen LogP contribution is 2.23. The molecule has 3 rings (SSSR count). The maximum absolute atomic E-state index is 12.5. The minimum atomic E-state index is -3.80. The van der Waals surface area contributed by atoms with E-state index >= 15 is 0 Å². The van der Waals surface area contributed by atoms with Crippen molar-refractivity contribution in [1.82, 2.24) is 5.32 Å². The van der Waals surface area contributed by atoms with Crippen molar-refractivity contribution >= 4 is 20.0 Å². The van der Waals surface area contributed by atoms with Crippen molar-refractivity contribution in [2.24, 2.45) is 0 Å². The second-order valence-electron chi connectivity index (χ2n) is 7.40. The van der Waals surface area contributed by atoms with Crippen LogP contribution in [0.15, 0.2) is 88.7 Å². The van der Waals surface area contributed by atoms with Crippen molar-refractivity contribution in [3.63, 3.8) is 0 Å². The lowest BCUT2D eigenvalue weighted by molar-refractivity contribution is 0.315. The number of aryl methyl sites for hydroxylation is 1. The highest BCUT2D eigenvalue weighted by molar-refractivity contribution is 7.91. The number of sulfone groups is 1. The Bertz CT molecular complexity index is 1220. The Balaban J connectivity index is 1.38. The van der Waals surface area contributed by atoms with Gasteiger partial charge in [0, 0.05) is 6.54 Å². The minimum Gasteiger partial charge on any atom is -0.457 e. The molecule has 3 aromatic carbocycles. The van der Waals surface area contributed by atoms with Gasteiger partial charge in [-0.05, 0) is 68.4 Å². The van der Waals surface area contributed by atoms with Crippen LogP contribution >= 0.6 is 0 Å². The molecule has 0 saturated heterocycles. The predicted octanol–water partition coefficient (Wildman–Crippen LogP) is 3.95. The molecular formula is C24H27NO6S2. The first kappa shape index (κ1) is 24.9. The smallest absolute Gasteiger partial charge is 0.297 e. The number of hydrogen-bond donors (Lipinski definition) is 1. The molecule has 0 aliphatic carbocycles. The van der Waals surface area contributed by atoms with Gasteiger partial charge in [0.25, 0.3) is 10.1 Å². The lowest BCUT2D eigenvalue weighted by Gasteiger charge is -2.09. The third kappa shape index (κ3) is 7.68. The van der Waals surface area contributed by atoms with Gasteiger partial charge in [0.2, 0.25) is 0 Å². The number of nitrogens with one attached hydrogen (secondary N) is 1. The van der Waals surface area contributed by atoms with Crippen molar-refractivity contribution in [3.8, 4) is 11.5 Å². The van der Waals surface area contributed by atoms with Crippen LogP contribution in [-0.2, 0) is 24.1 Å². The summed E-state index contributed by atoms with van der Waals surface area (Å²) in [5.41, 5.74) is 0.960. The number of ether oxygens (including phenoxy) is 1. The topological polar surface area (TPSA) is 98.8 Å². The molecule has 0 spiro atoms. The zero-order valence-corrected chi connectivity index (χ0v) is 19.9. The van der Waals surface area contributed by atoms with Crippen LogP contribution in [0.3, 0.4) is 0 Å². The van der Waals surface area contributed by atoms with Crippen molar-refractivity contribution in [2.75, 3.05) is 25.4 Å². The maximum Gasteiger partial charge on any atom is 0.297 e. The molecule has 0 fully saturated rings. The summed E-state index contributed by atoms with van der Waals surface area (Å²) in [7, 11) is -7.23. The van der Waals surface area contributed by atoms with E-state index in [0.717, 1.165) is 5.56 Å². The van der Waals surface area contributed by atoms with Crippen LogP contribution in [0.5, 0.6) is 11.5 Å². The van der Waals surface area contributed by atoms with E-state index in [9.17, 15) is 16.8 Å². The Kier molecular flexibility index (Phi) is 8.62. The van der Waals surface area contributed by atoms with E-state index in [0.29, 0.717) is 24.5 Å². The molecule has 0 amide bonds. The van der Waals surface area contributed by atoms with E-state index in [1.165, 1.54) is 24.3 Å². The van der Waals surface area contributed by atoms with Crippen molar-refractivity contribution < 1.29 is 25.8 Å². The fraction of sp³-hybridized carbons (Fsp3) is 0.250. The summed E-state index contributed by atoms with van der Waals surface area (Å²) in [6, 6.07) is 22.0. The lowest BCUT2D eigenvalue weighted by Crippen LogP contribution is -2.24. The largest absolute Gasteiger partial charge is 0.457 e. The van der Waals surface area contributed by atoms with Gasteiger partial charge in [-0.2, -0.15) is 8.42 Å². The molecule has 176 valence electrons. The van der Waals surface area contributed by atoms with Crippen LogP contribution in [0.4, 0.5) is 0 Å². The molecule has 0 unspecified atom stereocenters. The Labute approximate surface area is 195 Å². The van der Waals surface area contributed by atoms with Crippen molar-refractivity contribution in [2.45, 2.75) is 23.1 Å². The molecule has 0 bridgehead atoms. The molecule has 3 aromatic rings. The quantitative estimate of drug-likeness (QED) is 0.304. The van der Waals surface area contributed by atoms with Crippen LogP contribution in [0, 0.1) is 6.92 Å². The van der Waals surface area contributed by atoms with Gasteiger partial charge in [-0.3, -0.25) is 4.18 Å². The molecule has 0 atom stereocenters. The average Bonchev–Trinajstić information content (AvgIpc) is 2.80. The molecule has 9 heteroatoms. The van der Waals surface area contributed by atoms with Gasteiger partial charge >= 0.3 is 0 Å². The Morgan fingerprint density at radius 2 is 1.33 bits per heavy atom. The third-order valence-corrected chi connectivity index (χ3v) is 7.90. The summed E-state index contributed by atoms with van der Waals surface area (Å²) in [6.07, 6.45) is 0.384. The van der Waals surface area contributed by atoms with Crippen LogP contribution in [0.25, 0.3) is 0 Å². The third-order valence-electron chi connectivity index (χ3n) is 4.76. The fourth-order valence-electron chi connectivity index (χ4n) is 2.97. The first-order chi connectivity index (χ1) is 15.8. The summed E-state index contributed by atoms with van der Waals surface area (Å²) >= 11 is 0. The van der Waals surface area contributed by atoms with Gasteiger partial charge in [-0.15, -0.1) is 0 Å². The number of benzene rings is 3. The standard InChI is InChI=1S/C24H27NO6S2/c1-20-8-12-24(13-9-20)33(28,29)30-18-17-25-16-5-19-32(26,27)23-14-10-22(11-15-23)31-21-6-3-2-4-7-21/h2-4,6-15,25H,5,16-19H2,1H3. The zero-order valence-electron chi connectivity index (χ0n) is 18.3. The minimum absolute atomic E-state index is 0.0264. The second kappa shape index (κ2) is 11.4. The maximum atomic E-state index is 12.5. The summed E-state index contributed by atoms with van der Waals surface area (Å²) < 4.78 is 60.0. The molecule has 0 aliphatic heterocycles. The molecule has 0 aliphatic rings. The van der Waals surface area contributed by atoms with Crippen LogP contribution in [0.1, 0.15) is 12.0 Å². The molecule has 0 aromatic heterocycles. The number of rotatable bonds is 12. The number of para-hydroxylation sites is 1. The van der Waals surface area contributed by atoms with Gasteiger partial charge < -0.3 is 10.1 Å². The van der Waals surface area contributed by atoms with Gasteiger partial charge in [0.1, 0.15) is 11.5 Å². The first-order valence-corrected chi connectivity index (χ1v) is 13.5. The van der Waals surface area contributed by atoms with E-state index < -0.39 is 20.0 Å². The van der Waals surface area contributed by atoms with Gasteiger partial charge in [0.05, 0.1) is 22.2 Å². The highest BCUT2D eigenvalue weighted by Gasteiger charge is 2.15. The molecule has 1 N–H and O–H groups in total. The van der Waals surface area contributed by atoms with Crippen molar-refractivity contribution in [3.05, 3.63) is 84.4 Å². The first-order valence-electron chi connectivity index (χ1n) is 10.5. The summed E-state index contributed by atoms with van der Waals surface area (Å²) in [5.74, 6) is 1.21. The van der Waals surface area contributed by atoms with Crippen LogP contribution in [-0.4, -0.2) is 42.3 Å². The predicted molar refractivity (Wildman–Crippen MR) is 127 cm³/mol. The molecule has 0 heterocycles. The number of hydrogen-bond acceptors (Lipinski definition) is 7. The second-order valence-corrected chi connectivity index (χ2v) is 11.1. The summed E-state index contributed by atoms with van der Waals surface area (Å²) in [5, 5.41) is 3.01. The van der Waals surface area contributed by atoms with E-state index in [2.05, 4.69) is 5.32 Å². The average molecular weight is 490 g/mol. The highest BCUT2D eigenvalue weighted by atomic mass is 32.2. The van der Waals surface area contributed by atoms with Crippen molar-refractivity contribution in [1.29, 1.82) is 0 Å². The van der Waals surface area contributed by atoms with E-state index in [1.807, 2.05) is 37.3 Å². The summed E-state index contributed by atoms with van der Waals surface area (Å²) in [6.45, 7) is 2.54. The van der Waals surface area contributed by atoms with E-state index in [1.54, 1.807) is 24.3 Å². The van der Waals surface area contributed by atoms with Gasteiger partial charge in [-0.1, -0.05) is 35.9 Å². The van der Waals surface area contributed by atoms with Crippen LogP contribution < -0.4 is 10.1 Å². The molecular weight excluding hydrogens is 462 g/mol. The van der Waals surface area contributed by atoms with Gasteiger partial charge in [-0.25, -0.2) is 8.42 Å². The molecule has 0 saturated carbocycles. The SMILES string of the molecule is Cc1ccc(S(=O)(=O)OCCNCCCS(=O)(=O)c2ccc(Oc3ccccc3)cc2)cc1. The van der Waals surface area contributed by atoms with E-state index in [-0.39, 0.29) is 28.7 Å². The molecule has 0 radical (unpaired) electrons. The zero-order chi connectivity index (χ0) is 23.7. The fourth-order valence-corrected chi connectivity index (χ4v) is 5.19. The Morgan fingerprint density at radius 1 is 0.727 bits per heavy atom. The monoisotopic (exact) mass is 489 g/mol. The molecule has 7 nitrogen and oxygen atoms in total. The lowest BCUT2D eigenvalue weighted by atomic mass is 10.2. The summed E-state index contributed by atoms with van der Waals surface area (Å²) in [4.78, 5) is 0.342.